The van der Waals surface area contributed by atoms with Crippen LogP contribution in [0.15, 0.2) is 0 Å². The van der Waals surface area contributed by atoms with Crippen molar-refractivity contribution in [3.8, 4) is 0 Å². The van der Waals surface area contributed by atoms with Crippen LogP contribution in [0.4, 0.5) is 0 Å². The van der Waals surface area contributed by atoms with Gasteiger partial charge in [-0.15, -0.1) is 0 Å². The second-order valence-electron chi connectivity index (χ2n) is 4.59. The van der Waals surface area contributed by atoms with Crippen molar-refractivity contribution in [2.75, 3.05) is 31.9 Å². The zero-order valence-corrected chi connectivity index (χ0v) is 11.5. The Morgan fingerprint density at radius 2 is 2.18 bits per heavy atom. The van der Waals surface area contributed by atoms with Gasteiger partial charge in [0, 0.05) is 12.6 Å². The van der Waals surface area contributed by atoms with Crippen LogP contribution in [0.3, 0.4) is 0 Å². The maximum Gasteiger partial charge on any atom is 0.211 e. The predicted octanol–water partition coefficient (Wildman–Crippen LogP) is 0.129. The number of nitrogens with two attached hydrogens (primary N) is 1. The third kappa shape index (κ3) is 5.33. The van der Waals surface area contributed by atoms with E-state index in [1.807, 2.05) is 0 Å². The molecule has 1 heterocycles. The molecule has 0 saturated carbocycles. The van der Waals surface area contributed by atoms with Crippen LogP contribution in [-0.2, 0) is 10.0 Å². The van der Waals surface area contributed by atoms with Gasteiger partial charge in [-0.05, 0) is 45.3 Å². The molecule has 0 aromatic rings. The molecule has 0 amide bonds. The Morgan fingerprint density at radius 3 is 2.82 bits per heavy atom. The van der Waals surface area contributed by atoms with E-state index in [9.17, 15) is 8.42 Å². The smallest absolute Gasteiger partial charge is 0.211 e. The minimum atomic E-state index is -3.11. The van der Waals surface area contributed by atoms with Crippen molar-refractivity contribution in [1.29, 1.82) is 0 Å². The maximum atomic E-state index is 11.7. The van der Waals surface area contributed by atoms with E-state index in [1.54, 1.807) is 0 Å². The fourth-order valence-electron chi connectivity index (χ4n) is 2.27. The lowest BCUT2D eigenvalue weighted by Crippen LogP contribution is -2.40. The summed E-state index contributed by atoms with van der Waals surface area (Å²) in [5.41, 5.74) is 5.35. The Morgan fingerprint density at radius 1 is 1.41 bits per heavy atom. The molecule has 1 aliphatic rings. The Kier molecular flexibility index (Phi) is 6.40. The lowest BCUT2D eigenvalue weighted by atomic mass is 10.2. The van der Waals surface area contributed by atoms with Gasteiger partial charge in [0.05, 0.1) is 5.75 Å². The molecular weight excluding hydrogens is 238 g/mol. The summed E-state index contributed by atoms with van der Waals surface area (Å²) in [7, 11) is -3.11. The number of nitrogens with one attached hydrogen (secondary N) is 1. The van der Waals surface area contributed by atoms with E-state index in [-0.39, 0.29) is 5.75 Å². The van der Waals surface area contributed by atoms with E-state index in [4.69, 9.17) is 5.73 Å². The summed E-state index contributed by atoms with van der Waals surface area (Å²) in [5.74, 6) is 0.197. The molecule has 0 aromatic carbocycles. The molecule has 0 radical (unpaired) electrons. The summed E-state index contributed by atoms with van der Waals surface area (Å²) in [6.45, 7) is 5.32. The number of rotatable bonds is 8. The second-order valence-corrected chi connectivity index (χ2v) is 6.51. The summed E-state index contributed by atoms with van der Waals surface area (Å²) >= 11 is 0. The summed E-state index contributed by atoms with van der Waals surface area (Å²) in [6.07, 6.45) is 3.69. The quantitative estimate of drug-likeness (QED) is 0.610. The van der Waals surface area contributed by atoms with Gasteiger partial charge < -0.3 is 5.73 Å². The number of likely N-dealkylation sites (N-methyl/N-ethyl adjacent to an activating group) is 1. The van der Waals surface area contributed by atoms with Gasteiger partial charge in [0.1, 0.15) is 0 Å². The Balaban J connectivity index is 2.28. The van der Waals surface area contributed by atoms with Crippen LogP contribution in [0.25, 0.3) is 0 Å². The van der Waals surface area contributed by atoms with E-state index in [1.165, 1.54) is 6.42 Å². The minimum absolute atomic E-state index is 0.197. The molecule has 1 rings (SSSR count). The topological polar surface area (TPSA) is 75.4 Å². The SMILES string of the molecule is CCN1CCCC1CNS(=O)(=O)CCCCN. The molecule has 1 unspecified atom stereocenters. The molecule has 17 heavy (non-hydrogen) atoms. The molecule has 3 N–H and O–H groups in total. The van der Waals surface area contributed by atoms with Gasteiger partial charge in [0.25, 0.3) is 0 Å². The summed E-state index contributed by atoms with van der Waals surface area (Å²) in [6, 6.07) is 0.379. The molecule has 0 bridgehead atoms. The molecule has 6 heteroatoms. The molecule has 5 nitrogen and oxygen atoms in total. The summed E-state index contributed by atoms with van der Waals surface area (Å²) in [5, 5.41) is 0. The van der Waals surface area contributed by atoms with Gasteiger partial charge in [0.2, 0.25) is 10.0 Å². The first-order chi connectivity index (χ1) is 8.09. The molecule has 0 aromatic heterocycles. The molecule has 1 atom stereocenters. The number of unbranched alkanes of at least 4 members (excludes halogenated alkanes) is 1. The van der Waals surface area contributed by atoms with Crippen LogP contribution in [0, 0.1) is 0 Å². The van der Waals surface area contributed by atoms with Crippen LogP contribution in [0.2, 0.25) is 0 Å². The monoisotopic (exact) mass is 263 g/mol. The molecular formula is C11H25N3O2S. The number of hydrogen-bond donors (Lipinski definition) is 2. The summed E-state index contributed by atoms with van der Waals surface area (Å²) < 4.78 is 26.1. The van der Waals surface area contributed by atoms with Gasteiger partial charge in [-0.1, -0.05) is 6.92 Å². The third-order valence-electron chi connectivity index (χ3n) is 3.31. The van der Waals surface area contributed by atoms with Crippen LogP contribution in [0.1, 0.15) is 32.6 Å². The van der Waals surface area contributed by atoms with Gasteiger partial charge in [0.15, 0.2) is 0 Å². The lowest BCUT2D eigenvalue weighted by Gasteiger charge is -2.22. The molecule has 102 valence electrons. The Bertz CT molecular complexity index is 306. The van der Waals surface area contributed by atoms with Gasteiger partial charge >= 0.3 is 0 Å². The highest BCUT2D eigenvalue weighted by Gasteiger charge is 2.24. The van der Waals surface area contributed by atoms with Gasteiger partial charge in [-0.25, -0.2) is 13.1 Å². The maximum absolute atomic E-state index is 11.7. The van der Waals surface area contributed by atoms with Gasteiger partial charge in [-0.3, -0.25) is 4.90 Å². The van der Waals surface area contributed by atoms with Crippen LogP contribution in [0.5, 0.6) is 0 Å². The van der Waals surface area contributed by atoms with E-state index in [2.05, 4.69) is 16.5 Å². The largest absolute Gasteiger partial charge is 0.330 e. The van der Waals surface area contributed by atoms with Crippen molar-refractivity contribution in [2.24, 2.45) is 5.73 Å². The van der Waals surface area contributed by atoms with E-state index in [0.717, 1.165) is 25.9 Å². The van der Waals surface area contributed by atoms with Crippen molar-refractivity contribution in [1.82, 2.24) is 9.62 Å². The highest BCUT2D eigenvalue weighted by atomic mass is 32.2. The molecule has 1 fully saturated rings. The summed E-state index contributed by atoms with van der Waals surface area (Å²) in [4.78, 5) is 2.34. The molecule has 1 saturated heterocycles. The average molecular weight is 263 g/mol. The Labute approximate surface area is 105 Å². The molecule has 0 spiro atoms. The number of sulfonamides is 1. The normalized spacial score (nSPS) is 22.1. The highest BCUT2D eigenvalue weighted by molar-refractivity contribution is 7.89. The van der Waals surface area contributed by atoms with E-state index < -0.39 is 10.0 Å². The van der Waals surface area contributed by atoms with Crippen molar-refractivity contribution in [3.63, 3.8) is 0 Å². The lowest BCUT2D eigenvalue weighted by molar-refractivity contribution is 0.268. The average Bonchev–Trinajstić information content (AvgIpc) is 2.74. The molecule has 0 aliphatic carbocycles. The van der Waals surface area contributed by atoms with Crippen molar-refractivity contribution in [2.45, 2.75) is 38.6 Å². The fourth-order valence-corrected chi connectivity index (χ4v) is 3.45. The standard InChI is InChI=1S/C11H25N3O2S/c1-2-14-8-5-6-11(14)10-13-17(15,16)9-4-3-7-12/h11,13H,2-10,12H2,1H3. The Hall–Kier alpha value is -0.170. The van der Waals surface area contributed by atoms with Crippen LogP contribution in [-0.4, -0.2) is 51.3 Å². The number of likely N-dealkylation sites (tertiary alicyclic amines) is 1. The van der Waals surface area contributed by atoms with Crippen molar-refractivity contribution < 1.29 is 8.42 Å². The van der Waals surface area contributed by atoms with E-state index in [0.29, 0.717) is 25.6 Å². The molecule has 1 aliphatic heterocycles. The zero-order valence-electron chi connectivity index (χ0n) is 10.7. The first-order valence-corrected chi connectivity index (χ1v) is 8.15. The second kappa shape index (κ2) is 7.31. The van der Waals surface area contributed by atoms with Crippen LogP contribution < -0.4 is 10.5 Å². The van der Waals surface area contributed by atoms with Crippen molar-refractivity contribution >= 4 is 10.0 Å². The van der Waals surface area contributed by atoms with Crippen LogP contribution >= 0.6 is 0 Å². The van der Waals surface area contributed by atoms with E-state index >= 15 is 0 Å². The van der Waals surface area contributed by atoms with Crippen molar-refractivity contribution in [3.05, 3.63) is 0 Å². The minimum Gasteiger partial charge on any atom is -0.330 e. The zero-order chi connectivity index (χ0) is 12.7. The predicted molar refractivity (Wildman–Crippen MR) is 70.3 cm³/mol. The third-order valence-corrected chi connectivity index (χ3v) is 4.74. The number of hydrogen-bond acceptors (Lipinski definition) is 4. The first-order valence-electron chi connectivity index (χ1n) is 6.50. The van der Waals surface area contributed by atoms with Gasteiger partial charge in [-0.2, -0.15) is 0 Å². The first kappa shape index (κ1) is 14.9. The number of nitrogens with zero attached hydrogens (tertiary/aromatic N) is 1. The fraction of sp³-hybridized carbons (Fsp3) is 1.00. The highest BCUT2D eigenvalue weighted by Crippen LogP contribution is 2.15.